The zero-order valence-corrected chi connectivity index (χ0v) is 13.3. The van der Waals surface area contributed by atoms with Gasteiger partial charge in [0.15, 0.2) is 0 Å². The summed E-state index contributed by atoms with van der Waals surface area (Å²) in [6, 6.07) is 5.34. The molecular weight excluding hydrogens is 285 g/mol. The predicted molar refractivity (Wildman–Crippen MR) is 80.5 cm³/mol. The van der Waals surface area contributed by atoms with Gasteiger partial charge in [-0.3, -0.25) is 0 Å². The van der Waals surface area contributed by atoms with Crippen molar-refractivity contribution < 1.29 is 9.47 Å². The summed E-state index contributed by atoms with van der Waals surface area (Å²) in [5, 5.41) is 4.30. The summed E-state index contributed by atoms with van der Waals surface area (Å²) in [5.41, 5.74) is 0.0213. The Hall–Kier alpha value is -0.480. The predicted octanol–water partition coefficient (Wildman–Crippen LogP) is 3.78. The lowest BCUT2D eigenvalue weighted by atomic mass is 10.1. The van der Waals surface area contributed by atoms with Crippen molar-refractivity contribution in [1.29, 1.82) is 0 Å². The third-order valence-electron chi connectivity index (χ3n) is 2.42. The molecule has 0 aliphatic heterocycles. The summed E-state index contributed by atoms with van der Waals surface area (Å²) in [4.78, 5) is 0. The minimum Gasteiger partial charge on any atom is -0.485 e. The Morgan fingerprint density at radius 1 is 1.26 bits per heavy atom. The summed E-state index contributed by atoms with van der Waals surface area (Å²) >= 11 is 12.1. The smallest absolute Gasteiger partial charge is 0.140 e. The molecule has 0 aliphatic rings. The molecule has 108 valence electrons. The molecule has 3 nitrogen and oxygen atoms in total. The van der Waals surface area contributed by atoms with Gasteiger partial charge in [-0.05, 0) is 32.9 Å². The maximum atomic E-state index is 6.11. The van der Waals surface area contributed by atoms with E-state index in [4.69, 9.17) is 32.7 Å². The van der Waals surface area contributed by atoms with Crippen molar-refractivity contribution in [2.75, 3.05) is 20.3 Å². The van der Waals surface area contributed by atoms with Gasteiger partial charge in [-0.2, -0.15) is 0 Å². The van der Waals surface area contributed by atoms with Crippen molar-refractivity contribution in [2.45, 2.75) is 32.4 Å². The molecule has 1 unspecified atom stereocenters. The van der Waals surface area contributed by atoms with Crippen LogP contribution in [0.15, 0.2) is 18.2 Å². The zero-order valence-electron chi connectivity index (χ0n) is 11.8. The molecule has 0 fully saturated rings. The normalized spacial score (nSPS) is 13.4. The van der Waals surface area contributed by atoms with E-state index >= 15 is 0 Å². The molecule has 0 aliphatic carbocycles. The van der Waals surface area contributed by atoms with Gasteiger partial charge in [0.1, 0.15) is 16.9 Å². The summed E-state index contributed by atoms with van der Waals surface area (Å²) in [6.07, 6.45) is -0.125. The molecule has 0 saturated heterocycles. The molecule has 1 aromatic carbocycles. The molecule has 0 spiro atoms. The number of halogens is 2. The van der Waals surface area contributed by atoms with E-state index in [9.17, 15) is 0 Å². The van der Waals surface area contributed by atoms with Crippen LogP contribution in [-0.4, -0.2) is 31.9 Å². The van der Waals surface area contributed by atoms with E-state index in [2.05, 4.69) is 26.1 Å². The molecule has 1 aromatic rings. The second-order valence-electron chi connectivity index (χ2n) is 5.38. The van der Waals surface area contributed by atoms with E-state index in [1.807, 2.05) is 6.07 Å². The molecule has 0 bridgehead atoms. The van der Waals surface area contributed by atoms with Gasteiger partial charge >= 0.3 is 0 Å². The fourth-order valence-corrected chi connectivity index (χ4v) is 1.83. The minimum atomic E-state index is -0.125. The number of methoxy groups -OCH3 is 1. The average molecular weight is 306 g/mol. The fourth-order valence-electron chi connectivity index (χ4n) is 1.50. The highest BCUT2D eigenvalue weighted by molar-refractivity contribution is 6.42. The first-order valence-electron chi connectivity index (χ1n) is 6.18. The summed E-state index contributed by atoms with van der Waals surface area (Å²) in [6.45, 7) is 7.45. The van der Waals surface area contributed by atoms with Gasteiger partial charge in [0.25, 0.3) is 0 Å². The number of nitrogens with one attached hydrogen (secondary N) is 1. The number of hydrogen-bond donors (Lipinski definition) is 1. The standard InChI is InChI=1S/C14H21Cl2NO2/c1-14(2,3)17-8-10(9-18-4)19-12-7-5-6-11(15)13(12)16/h5-7,10,17H,8-9H2,1-4H3. The Morgan fingerprint density at radius 2 is 1.95 bits per heavy atom. The van der Waals surface area contributed by atoms with Crippen LogP contribution in [0.2, 0.25) is 10.0 Å². The molecule has 0 amide bonds. The van der Waals surface area contributed by atoms with Crippen LogP contribution in [0.5, 0.6) is 5.75 Å². The molecule has 0 heterocycles. The average Bonchev–Trinajstić information content (AvgIpc) is 2.31. The Morgan fingerprint density at radius 3 is 2.53 bits per heavy atom. The molecule has 19 heavy (non-hydrogen) atoms. The molecule has 0 aromatic heterocycles. The van der Waals surface area contributed by atoms with Gasteiger partial charge in [0, 0.05) is 19.2 Å². The Bertz CT molecular complexity index is 405. The van der Waals surface area contributed by atoms with Gasteiger partial charge in [-0.1, -0.05) is 29.3 Å². The molecule has 0 saturated carbocycles. The van der Waals surface area contributed by atoms with Crippen LogP contribution < -0.4 is 10.1 Å². The maximum absolute atomic E-state index is 6.11. The Balaban J connectivity index is 2.70. The van der Waals surface area contributed by atoms with E-state index in [0.717, 1.165) is 0 Å². The largest absolute Gasteiger partial charge is 0.485 e. The lowest BCUT2D eigenvalue weighted by Crippen LogP contribution is -2.44. The quantitative estimate of drug-likeness (QED) is 0.867. The zero-order chi connectivity index (χ0) is 14.5. The number of rotatable bonds is 6. The molecular formula is C14H21Cl2NO2. The Labute approximate surface area is 125 Å². The molecule has 1 atom stereocenters. The second kappa shape index (κ2) is 7.34. The number of ether oxygens (including phenoxy) is 2. The highest BCUT2D eigenvalue weighted by Crippen LogP contribution is 2.32. The SMILES string of the molecule is COCC(CNC(C)(C)C)Oc1cccc(Cl)c1Cl. The topological polar surface area (TPSA) is 30.5 Å². The van der Waals surface area contributed by atoms with Gasteiger partial charge < -0.3 is 14.8 Å². The van der Waals surface area contributed by atoms with Crippen molar-refractivity contribution in [3.63, 3.8) is 0 Å². The van der Waals surface area contributed by atoms with Crippen LogP contribution in [0.4, 0.5) is 0 Å². The fraction of sp³-hybridized carbons (Fsp3) is 0.571. The molecule has 1 N–H and O–H groups in total. The first-order chi connectivity index (χ1) is 8.83. The van der Waals surface area contributed by atoms with E-state index in [0.29, 0.717) is 28.9 Å². The van der Waals surface area contributed by atoms with E-state index in [1.165, 1.54) is 0 Å². The lowest BCUT2D eigenvalue weighted by Gasteiger charge is -2.26. The highest BCUT2D eigenvalue weighted by Gasteiger charge is 2.17. The monoisotopic (exact) mass is 305 g/mol. The van der Waals surface area contributed by atoms with Crippen LogP contribution in [0, 0.1) is 0 Å². The van der Waals surface area contributed by atoms with Crippen molar-refractivity contribution in [3.8, 4) is 5.75 Å². The number of hydrogen-bond acceptors (Lipinski definition) is 3. The van der Waals surface area contributed by atoms with Crippen molar-refractivity contribution in [3.05, 3.63) is 28.2 Å². The molecule has 1 rings (SSSR count). The van der Waals surface area contributed by atoms with Crippen molar-refractivity contribution in [1.82, 2.24) is 5.32 Å². The number of benzene rings is 1. The van der Waals surface area contributed by atoms with Gasteiger partial charge in [-0.25, -0.2) is 0 Å². The van der Waals surface area contributed by atoms with Crippen molar-refractivity contribution >= 4 is 23.2 Å². The molecule has 5 heteroatoms. The van der Waals surface area contributed by atoms with Gasteiger partial charge in [0.2, 0.25) is 0 Å². The first-order valence-corrected chi connectivity index (χ1v) is 6.93. The Kier molecular flexibility index (Phi) is 6.40. The highest BCUT2D eigenvalue weighted by atomic mass is 35.5. The van der Waals surface area contributed by atoms with Crippen molar-refractivity contribution in [2.24, 2.45) is 0 Å². The maximum Gasteiger partial charge on any atom is 0.140 e. The molecule has 0 radical (unpaired) electrons. The lowest BCUT2D eigenvalue weighted by molar-refractivity contribution is 0.0765. The third-order valence-corrected chi connectivity index (χ3v) is 3.22. The summed E-state index contributed by atoms with van der Waals surface area (Å²) < 4.78 is 11.0. The van der Waals surface area contributed by atoms with Crippen LogP contribution in [0.3, 0.4) is 0 Å². The van der Waals surface area contributed by atoms with E-state index in [-0.39, 0.29) is 11.6 Å². The van der Waals surface area contributed by atoms with Gasteiger partial charge in [0.05, 0.1) is 11.6 Å². The van der Waals surface area contributed by atoms with E-state index < -0.39 is 0 Å². The van der Waals surface area contributed by atoms with Crippen LogP contribution in [0.25, 0.3) is 0 Å². The second-order valence-corrected chi connectivity index (χ2v) is 6.16. The van der Waals surface area contributed by atoms with Crippen LogP contribution in [0.1, 0.15) is 20.8 Å². The minimum absolute atomic E-state index is 0.0213. The summed E-state index contributed by atoms with van der Waals surface area (Å²) in [7, 11) is 1.65. The van der Waals surface area contributed by atoms with Crippen LogP contribution >= 0.6 is 23.2 Å². The van der Waals surface area contributed by atoms with Crippen LogP contribution in [-0.2, 0) is 4.74 Å². The first kappa shape index (κ1) is 16.6. The van der Waals surface area contributed by atoms with Gasteiger partial charge in [-0.15, -0.1) is 0 Å². The summed E-state index contributed by atoms with van der Waals surface area (Å²) in [5.74, 6) is 0.576. The van der Waals surface area contributed by atoms with E-state index in [1.54, 1.807) is 19.2 Å². The third kappa shape index (κ3) is 6.00.